The van der Waals surface area contributed by atoms with Crippen molar-refractivity contribution in [2.75, 3.05) is 6.54 Å². The van der Waals surface area contributed by atoms with Crippen LogP contribution in [0.3, 0.4) is 0 Å². The molecule has 0 spiro atoms. The molecular weight excluding hydrogens is 268 g/mol. The molecule has 1 unspecified atom stereocenters. The second-order valence-electron chi connectivity index (χ2n) is 5.00. The summed E-state index contributed by atoms with van der Waals surface area (Å²) in [7, 11) is 0. The Bertz CT molecular complexity index is 551. The van der Waals surface area contributed by atoms with Crippen molar-refractivity contribution in [1.82, 2.24) is 10.3 Å². The Kier molecular flexibility index (Phi) is 5.15. The molecule has 1 aromatic heterocycles. The molecule has 1 N–H and O–H groups in total. The predicted molar refractivity (Wildman–Crippen MR) is 84.6 cm³/mol. The molecule has 0 radical (unpaired) electrons. The molecule has 4 heteroatoms. The van der Waals surface area contributed by atoms with Crippen molar-refractivity contribution in [2.24, 2.45) is 0 Å². The fourth-order valence-electron chi connectivity index (χ4n) is 2.22. The van der Waals surface area contributed by atoms with Gasteiger partial charge in [0, 0.05) is 10.4 Å². The summed E-state index contributed by atoms with van der Waals surface area (Å²) in [4.78, 5) is 5.63. The van der Waals surface area contributed by atoms with Crippen LogP contribution in [0.2, 0.25) is 0 Å². The van der Waals surface area contributed by atoms with Crippen LogP contribution in [0.25, 0.3) is 0 Å². The summed E-state index contributed by atoms with van der Waals surface area (Å²) in [6, 6.07) is 8.38. The molecular formula is C16H22N2OS. The normalized spacial score (nSPS) is 12.7. The van der Waals surface area contributed by atoms with Gasteiger partial charge in [0.05, 0.1) is 23.4 Å². The van der Waals surface area contributed by atoms with Gasteiger partial charge in [-0.15, -0.1) is 11.3 Å². The van der Waals surface area contributed by atoms with Gasteiger partial charge in [0.1, 0.15) is 5.75 Å². The first-order valence-corrected chi connectivity index (χ1v) is 7.90. The highest BCUT2D eigenvalue weighted by Crippen LogP contribution is 2.33. The molecule has 20 heavy (non-hydrogen) atoms. The lowest BCUT2D eigenvalue weighted by atomic mass is 10.0. The minimum Gasteiger partial charge on any atom is -0.491 e. The average Bonchev–Trinajstić information content (AvgIpc) is 2.82. The lowest BCUT2D eigenvalue weighted by molar-refractivity contribution is 0.238. The number of aromatic nitrogens is 1. The summed E-state index contributed by atoms with van der Waals surface area (Å²) in [5.41, 5.74) is 4.16. The fraction of sp³-hybridized carbons (Fsp3) is 0.438. The number of nitrogens with one attached hydrogen (secondary N) is 1. The number of rotatable bonds is 6. The largest absolute Gasteiger partial charge is 0.491 e. The van der Waals surface area contributed by atoms with Crippen molar-refractivity contribution < 1.29 is 4.74 Å². The third-order valence-corrected chi connectivity index (χ3v) is 4.04. The highest BCUT2D eigenvalue weighted by Gasteiger charge is 2.21. The van der Waals surface area contributed by atoms with E-state index in [1.165, 1.54) is 10.4 Å². The number of nitrogens with zero attached hydrogens (tertiary/aromatic N) is 1. The SMILES string of the molecule is CCNC(c1ccccc1OC(C)C)c1scnc1C. The number of hydrogen-bond acceptors (Lipinski definition) is 4. The van der Waals surface area contributed by atoms with E-state index in [0.29, 0.717) is 0 Å². The van der Waals surface area contributed by atoms with Crippen molar-refractivity contribution in [2.45, 2.75) is 39.8 Å². The molecule has 1 heterocycles. The van der Waals surface area contributed by atoms with E-state index in [1.54, 1.807) is 11.3 Å². The maximum absolute atomic E-state index is 5.95. The summed E-state index contributed by atoms with van der Waals surface area (Å²) >= 11 is 1.69. The van der Waals surface area contributed by atoms with Crippen molar-refractivity contribution >= 4 is 11.3 Å². The Morgan fingerprint density at radius 1 is 1.30 bits per heavy atom. The molecule has 0 aliphatic rings. The van der Waals surface area contributed by atoms with Gasteiger partial charge in [0.15, 0.2) is 0 Å². The lowest BCUT2D eigenvalue weighted by Crippen LogP contribution is -2.23. The minimum absolute atomic E-state index is 0.141. The molecule has 0 fully saturated rings. The Balaban J connectivity index is 2.42. The summed E-state index contributed by atoms with van der Waals surface area (Å²) in [5, 5.41) is 3.55. The molecule has 0 aliphatic carbocycles. The van der Waals surface area contributed by atoms with Crippen LogP contribution in [0.4, 0.5) is 0 Å². The number of benzene rings is 1. The van der Waals surface area contributed by atoms with Crippen LogP contribution in [0.1, 0.15) is 42.9 Å². The maximum atomic E-state index is 5.95. The first kappa shape index (κ1) is 15.0. The van der Waals surface area contributed by atoms with Crippen LogP contribution >= 0.6 is 11.3 Å². The molecule has 0 saturated carbocycles. The van der Waals surface area contributed by atoms with E-state index in [1.807, 2.05) is 17.6 Å². The van der Waals surface area contributed by atoms with Gasteiger partial charge in [-0.25, -0.2) is 4.98 Å². The van der Waals surface area contributed by atoms with E-state index in [0.717, 1.165) is 18.0 Å². The molecule has 0 bridgehead atoms. The zero-order chi connectivity index (χ0) is 14.5. The Morgan fingerprint density at radius 2 is 2.05 bits per heavy atom. The van der Waals surface area contributed by atoms with Gasteiger partial charge in [-0.1, -0.05) is 25.1 Å². The first-order chi connectivity index (χ1) is 9.63. The van der Waals surface area contributed by atoms with Crippen LogP contribution in [0, 0.1) is 6.92 Å². The Labute approximate surface area is 125 Å². The van der Waals surface area contributed by atoms with Crippen molar-refractivity contribution in [3.63, 3.8) is 0 Å². The highest BCUT2D eigenvalue weighted by atomic mass is 32.1. The molecule has 108 valence electrons. The number of hydrogen-bond donors (Lipinski definition) is 1. The zero-order valence-electron chi connectivity index (χ0n) is 12.5. The molecule has 0 amide bonds. The molecule has 0 saturated heterocycles. The van der Waals surface area contributed by atoms with Gasteiger partial charge in [0.2, 0.25) is 0 Å². The van der Waals surface area contributed by atoms with Crippen LogP contribution in [-0.2, 0) is 0 Å². The Morgan fingerprint density at radius 3 is 2.65 bits per heavy atom. The van der Waals surface area contributed by atoms with E-state index in [2.05, 4.69) is 50.1 Å². The highest BCUT2D eigenvalue weighted by molar-refractivity contribution is 7.09. The van der Waals surface area contributed by atoms with Gasteiger partial charge in [-0.05, 0) is 33.4 Å². The summed E-state index contributed by atoms with van der Waals surface area (Å²) in [6.45, 7) is 9.18. The zero-order valence-corrected chi connectivity index (χ0v) is 13.3. The third kappa shape index (κ3) is 3.38. The van der Waals surface area contributed by atoms with E-state index in [9.17, 15) is 0 Å². The van der Waals surface area contributed by atoms with Crippen molar-refractivity contribution in [3.05, 3.63) is 45.9 Å². The number of aryl methyl sites for hydroxylation is 1. The lowest BCUT2D eigenvalue weighted by Gasteiger charge is -2.22. The van der Waals surface area contributed by atoms with Crippen LogP contribution in [0.15, 0.2) is 29.8 Å². The molecule has 1 aromatic carbocycles. The van der Waals surface area contributed by atoms with Gasteiger partial charge >= 0.3 is 0 Å². The van der Waals surface area contributed by atoms with E-state index >= 15 is 0 Å². The molecule has 2 rings (SSSR count). The molecule has 1 atom stereocenters. The van der Waals surface area contributed by atoms with E-state index < -0.39 is 0 Å². The number of ether oxygens (including phenoxy) is 1. The maximum Gasteiger partial charge on any atom is 0.124 e. The summed E-state index contributed by atoms with van der Waals surface area (Å²) < 4.78 is 5.95. The predicted octanol–water partition coefficient (Wildman–Crippen LogP) is 3.94. The number of thiazole rings is 1. The first-order valence-electron chi connectivity index (χ1n) is 7.02. The summed E-state index contributed by atoms with van der Waals surface area (Å²) in [6.07, 6.45) is 0.168. The smallest absolute Gasteiger partial charge is 0.124 e. The number of para-hydroxylation sites is 1. The molecule has 0 aliphatic heterocycles. The standard InChI is InChI=1S/C16H22N2OS/c1-5-17-15(16-12(4)18-10-20-16)13-8-6-7-9-14(13)19-11(2)3/h6-11,15,17H,5H2,1-4H3. The molecule has 3 nitrogen and oxygen atoms in total. The summed E-state index contributed by atoms with van der Waals surface area (Å²) in [5.74, 6) is 0.946. The quantitative estimate of drug-likeness (QED) is 0.875. The fourth-order valence-corrected chi connectivity index (χ4v) is 3.11. The van der Waals surface area contributed by atoms with E-state index in [4.69, 9.17) is 4.74 Å². The van der Waals surface area contributed by atoms with Crippen molar-refractivity contribution in [1.29, 1.82) is 0 Å². The second-order valence-corrected chi connectivity index (χ2v) is 5.88. The van der Waals surface area contributed by atoms with Gasteiger partial charge < -0.3 is 10.1 Å². The van der Waals surface area contributed by atoms with Crippen LogP contribution in [0.5, 0.6) is 5.75 Å². The van der Waals surface area contributed by atoms with Gasteiger partial charge in [0.25, 0.3) is 0 Å². The van der Waals surface area contributed by atoms with Crippen LogP contribution < -0.4 is 10.1 Å². The average molecular weight is 290 g/mol. The monoisotopic (exact) mass is 290 g/mol. The molecule has 2 aromatic rings. The third-order valence-electron chi connectivity index (χ3n) is 3.05. The topological polar surface area (TPSA) is 34.1 Å². The van der Waals surface area contributed by atoms with Crippen LogP contribution in [-0.4, -0.2) is 17.6 Å². The van der Waals surface area contributed by atoms with Gasteiger partial charge in [-0.3, -0.25) is 0 Å². The van der Waals surface area contributed by atoms with E-state index in [-0.39, 0.29) is 12.1 Å². The minimum atomic E-state index is 0.141. The Hall–Kier alpha value is -1.39. The van der Waals surface area contributed by atoms with Gasteiger partial charge in [-0.2, -0.15) is 0 Å². The second kappa shape index (κ2) is 6.86. The van der Waals surface area contributed by atoms with Crippen molar-refractivity contribution in [3.8, 4) is 5.75 Å².